The first-order chi connectivity index (χ1) is 12.7. The van der Waals surface area contributed by atoms with Gasteiger partial charge in [0.1, 0.15) is 11.5 Å². The average molecular weight is 407 g/mol. The van der Waals surface area contributed by atoms with Crippen LogP contribution in [0.1, 0.15) is 11.1 Å². The molecule has 0 saturated carbocycles. The topological polar surface area (TPSA) is 35.5 Å². The molecule has 0 atom stereocenters. The molecule has 0 aliphatic carbocycles. The maximum Gasteiger partial charge on any atom is 0.343 e. The highest BCUT2D eigenvalue weighted by atomic mass is 79.9. The minimum Gasteiger partial charge on any atom is -0.496 e. The second-order valence-corrected chi connectivity index (χ2v) is 6.82. The molecule has 0 amide bonds. The van der Waals surface area contributed by atoms with Gasteiger partial charge in [-0.05, 0) is 41.1 Å². The van der Waals surface area contributed by atoms with Gasteiger partial charge in [0.25, 0.3) is 0 Å². The number of hydrogen-bond donors (Lipinski definition) is 0. The SMILES string of the molecule is COc1ccc2ccccc2c1/C=C1\C=C(c2ccc(Br)cc2)OC1=O. The molecule has 3 nitrogen and oxygen atoms in total. The molecule has 4 heteroatoms. The summed E-state index contributed by atoms with van der Waals surface area (Å²) < 4.78 is 11.9. The Morgan fingerprint density at radius 1 is 1.00 bits per heavy atom. The molecule has 0 unspecified atom stereocenters. The molecular formula is C22H15BrO3. The van der Waals surface area contributed by atoms with Crippen LogP contribution in [0.25, 0.3) is 22.6 Å². The molecule has 4 rings (SSSR count). The third kappa shape index (κ3) is 3.04. The maximum absolute atomic E-state index is 12.4. The average Bonchev–Trinajstić information content (AvgIpc) is 3.03. The van der Waals surface area contributed by atoms with E-state index < -0.39 is 0 Å². The number of carbonyl (C=O) groups is 1. The van der Waals surface area contributed by atoms with E-state index in [9.17, 15) is 4.79 Å². The first-order valence-electron chi connectivity index (χ1n) is 8.13. The van der Waals surface area contributed by atoms with Crippen LogP contribution in [0.15, 0.2) is 76.8 Å². The van der Waals surface area contributed by atoms with Crippen molar-refractivity contribution in [3.05, 3.63) is 87.9 Å². The summed E-state index contributed by atoms with van der Waals surface area (Å²) in [6.45, 7) is 0. The highest BCUT2D eigenvalue weighted by Gasteiger charge is 2.22. The predicted octanol–water partition coefficient (Wildman–Crippen LogP) is 5.59. The number of hydrogen-bond acceptors (Lipinski definition) is 3. The van der Waals surface area contributed by atoms with Gasteiger partial charge in [-0.25, -0.2) is 4.79 Å². The van der Waals surface area contributed by atoms with Crippen LogP contribution >= 0.6 is 15.9 Å². The van der Waals surface area contributed by atoms with Crippen molar-refractivity contribution in [2.45, 2.75) is 0 Å². The highest BCUT2D eigenvalue weighted by molar-refractivity contribution is 9.10. The van der Waals surface area contributed by atoms with Crippen LogP contribution < -0.4 is 4.74 Å². The zero-order chi connectivity index (χ0) is 18.1. The number of carbonyl (C=O) groups excluding carboxylic acids is 1. The van der Waals surface area contributed by atoms with E-state index in [1.54, 1.807) is 13.2 Å². The van der Waals surface area contributed by atoms with Crippen molar-refractivity contribution in [1.82, 2.24) is 0 Å². The third-order valence-electron chi connectivity index (χ3n) is 4.30. The summed E-state index contributed by atoms with van der Waals surface area (Å²) in [6.07, 6.45) is 3.60. The molecule has 0 fully saturated rings. The number of esters is 1. The van der Waals surface area contributed by atoms with Crippen LogP contribution in [0, 0.1) is 0 Å². The Bertz CT molecular complexity index is 1060. The van der Waals surface area contributed by atoms with E-state index in [0.29, 0.717) is 11.3 Å². The van der Waals surface area contributed by atoms with Gasteiger partial charge >= 0.3 is 5.97 Å². The Labute approximate surface area is 159 Å². The van der Waals surface area contributed by atoms with Gasteiger partial charge in [-0.2, -0.15) is 0 Å². The molecular weight excluding hydrogens is 392 g/mol. The Morgan fingerprint density at radius 3 is 2.54 bits per heavy atom. The standard InChI is InChI=1S/C22H15BrO3/c1-25-20-11-8-14-4-2-3-5-18(14)19(20)12-16-13-21(26-22(16)24)15-6-9-17(23)10-7-15/h2-13H,1H3/b16-12+. The lowest BCUT2D eigenvalue weighted by Gasteiger charge is -2.09. The maximum atomic E-state index is 12.4. The van der Waals surface area contributed by atoms with E-state index in [2.05, 4.69) is 15.9 Å². The minimum absolute atomic E-state index is 0.363. The zero-order valence-corrected chi connectivity index (χ0v) is 15.6. The van der Waals surface area contributed by atoms with Crippen LogP contribution in [0.4, 0.5) is 0 Å². The Hall–Kier alpha value is -2.85. The van der Waals surface area contributed by atoms with Crippen LogP contribution in [0.5, 0.6) is 5.75 Å². The number of rotatable bonds is 3. The summed E-state index contributed by atoms with van der Waals surface area (Å²) in [5.74, 6) is 0.903. The summed E-state index contributed by atoms with van der Waals surface area (Å²) in [6, 6.07) is 19.6. The lowest BCUT2D eigenvalue weighted by atomic mass is 10.0. The third-order valence-corrected chi connectivity index (χ3v) is 4.83. The number of benzene rings is 3. The predicted molar refractivity (Wildman–Crippen MR) is 107 cm³/mol. The first kappa shape index (κ1) is 16.6. The van der Waals surface area contributed by atoms with Gasteiger partial charge in [0.2, 0.25) is 0 Å². The molecule has 26 heavy (non-hydrogen) atoms. The molecule has 0 bridgehead atoms. The van der Waals surface area contributed by atoms with Gasteiger partial charge in [0.15, 0.2) is 0 Å². The summed E-state index contributed by atoms with van der Waals surface area (Å²) in [7, 11) is 1.63. The van der Waals surface area contributed by atoms with E-state index in [1.807, 2.05) is 66.7 Å². The Morgan fingerprint density at radius 2 is 1.77 bits per heavy atom. The molecule has 1 heterocycles. The van der Waals surface area contributed by atoms with Crippen molar-refractivity contribution < 1.29 is 14.3 Å². The fraction of sp³-hybridized carbons (Fsp3) is 0.0455. The number of fused-ring (bicyclic) bond motifs is 1. The Kier molecular flexibility index (Phi) is 4.35. The minimum atomic E-state index is -0.363. The Balaban J connectivity index is 1.82. The number of halogens is 1. The molecule has 3 aromatic carbocycles. The van der Waals surface area contributed by atoms with Crippen molar-refractivity contribution in [2.75, 3.05) is 7.11 Å². The van der Waals surface area contributed by atoms with Gasteiger partial charge in [-0.15, -0.1) is 0 Å². The first-order valence-corrected chi connectivity index (χ1v) is 8.92. The monoisotopic (exact) mass is 406 g/mol. The number of methoxy groups -OCH3 is 1. The van der Waals surface area contributed by atoms with Gasteiger partial charge in [-0.3, -0.25) is 0 Å². The van der Waals surface area contributed by atoms with Gasteiger partial charge < -0.3 is 9.47 Å². The lowest BCUT2D eigenvalue weighted by Crippen LogP contribution is -1.98. The molecule has 0 N–H and O–H groups in total. The van der Waals surface area contributed by atoms with Crippen molar-refractivity contribution >= 4 is 44.5 Å². The molecule has 0 radical (unpaired) electrons. The van der Waals surface area contributed by atoms with E-state index in [1.165, 1.54) is 0 Å². The van der Waals surface area contributed by atoms with E-state index in [-0.39, 0.29) is 5.97 Å². The van der Waals surface area contributed by atoms with Crippen molar-refractivity contribution in [3.63, 3.8) is 0 Å². The summed E-state index contributed by atoms with van der Waals surface area (Å²) in [5.41, 5.74) is 2.22. The smallest absolute Gasteiger partial charge is 0.343 e. The van der Waals surface area contributed by atoms with E-state index in [0.717, 1.165) is 32.1 Å². The molecule has 1 aliphatic rings. The van der Waals surface area contributed by atoms with Crippen molar-refractivity contribution in [2.24, 2.45) is 0 Å². The summed E-state index contributed by atoms with van der Waals surface area (Å²) in [5, 5.41) is 2.11. The molecule has 0 spiro atoms. The molecule has 0 aromatic heterocycles. The molecule has 3 aromatic rings. The van der Waals surface area contributed by atoms with Crippen LogP contribution in [-0.4, -0.2) is 13.1 Å². The number of cyclic esters (lactones) is 1. The van der Waals surface area contributed by atoms with Crippen LogP contribution in [0.3, 0.4) is 0 Å². The lowest BCUT2D eigenvalue weighted by molar-refractivity contribution is -0.130. The highest BCUT2D eigenvalue weighted by Crippen LogP contribution is 2.33. The molecule has 1 aliphatic heterocycles. The fourth-order valence-corrected chi connectivity index (χ4v) is 3.27. The summed E-state index contributed by atoms with van der Waals surface area (Å²) in [4.78, 5) is 12.4. The fourth-order valence-electron chi connectivity index (χ4n) is 3.00. The molecule has 128 valence electrons. The largest absolute Gasteiger partial charge is 0.496 e. The van der Waals surface area contributed by atoms with Gasteiger partial charge in [0, 0.05) is 15.6 Å². The second-order valence-electron chi connectivity index (χ2n) is 5.91. The van der Waals surface area contributed by atoms with E-state index >= 15 is 0 Å². The second kappa shape index (κ2) is 6.81. The normalized spacial score (nSPS) is 15.2. The zero-order valence-electron chi connectivity index (χ0n) is 14.0. The van der Waals surface area contributed by atoms with Crippen molar-refractivity contribution in [1.29, 1.82) is 0 Å². The van der Waals surface area contributed by atoms with E-state index in [4.69, 9.17) is 9.47 Å². The molecule has 0 saturated heterocycles. The van der Waals surface area contributed by atoms with Crippen molar-refractivity contribution in [3.8, 4) is 5.75 Å². The van der Waals surface area contributed by atoms with Crippen LogP contribution in [-0.2, 0) is 9.53 Å². The van der Waals surface area contributed by atoms with Gasteiger partial charge in [-0.1, -0.05) is 58.4 Å². The van der Waals surface area contributed by atoms with Crippen LogP contribution in [0.2, 0.25) is 0 Å². The summed E-state index contributed by atoms with van der Waals surface area (Å²) >= 11 is 3.41. The van der Waals surface area contributed by atoms with Gasteiger partial charge in [0.05, 0.1) is 12.7 Å². The quantitative estimate of drug-likeness (QED) is 0.419. The number of ether oxygens (including phenoxy) is 2.